The highest BCUT2D eigenvalue weighted by atomic mass is 19.4. The van der Waals surface area contributed by atoms with Crippen molar-refractivity contribution in [2.75, 3.05) is 12.4 Å². The summed E-state index contributed by atoms with van der Waals surface area (Å²) in [6, 6.07) is 5.38. The summed E-state index contributed by atoms with van der Waals surface area (Å²) in [6.07, 6.45) is -6.03. The Balaban J connectivity index is 2.70. The molecule has 0 aromatic heterocycles. The van der Waals surface area contributed by atoms with E-state index in [1.165, 1.54) is 31.4 Å². The second kappa shape index (κ2) is 6.13. The van der Waals surface area contributed by atoms with E-state index < -0.39 is 30.1 Å². The molecule has 8 heteroatoms. The van der Waals surface area contributed by atoms with Gasteiger partial charge in [0.25, 0.3) is 0 Å². The van der Waals surface area contributed by atoms with Crippen molar-refractivity contribution in [1.29, 1.82) is 0 Å². The third kappa shape index (κ3) is 4.45. The molecule has 1 atom stereocenters. The molecule has 0 radical (unpaired) electrons. The van der Waals surface area contributed by atoms with Crippen LogP contribution in [0.3, 0.4) is 0 Å². The van der Waals surface area contributed by atoms with Crippen LogP contribution >= 0.6 is 0 Å². The van der Waals surface area contributed by atoms with Crippen molar-refractivity contribution in [1.82, 2.24) is 0 Å². The minimum atomic E-state index is -4.90. The maximum atomic E-state index is 12.4. The molecule has 0 aliphatic carbocycles. The Labute approximate surface area is 118 Å². The number of esters is 1. The third-order valence-electron chi connectivity index (χ3n) is 2.71. The van der Waals surface area contributed by atoms with Crippen LogP contribution in [0.1, 0.15) is 23.7 Å². The zero-order valence-electron chi connectivity index (χ0n) is 11.3. The maximum Gasteiger partial charge on any atom is 0.417 e. The molecule has 0 spiro atoms. The van der Waals surface area contributed by atoms with E-state index in [9.17, 15) is 27.9 Å². The van der Waals surface area contributed by atoms with Gasteiger partial charge in [0, 0.05) is 5.69 Å². The molecule has 0 saturated carbocycles. The highest BCUT2D eigenvalue weighted by molar-refractivity contribution is 5.93. The molecule has 2 N–H and O–H groups in total. The molecule has 5 nitrogen and oxygen atoms in total. The van der Waals surface area contributed by atoms with Crippen LogP contribution in [0.5, 0.6) is 0 Å². The Morgan fingerprint density at radius 1 is 1.24 bits per heavy atom. The highest BCUT2D eigenvalue weighted by Gasteiger charge is 2.50. The SMILES string of the molecule is COC(=O)c1ccc(NC(=O)C[C@](C)(O)C(F)(F)F)cc1. The minimum absolute atomic E-state index is 0.200. The van der Waals surface area contributed by atoms with Crippen LogP contribution in [0.2, 0.25) is 0 Å². The number of methoxy groups -OCH3 is 1. The van der Waals surface area contributed by atoms with Gasteiger partial charge in [-0.1, -0.05) is 0 Å². The first-order chi connectivity index (χ1) is 9.56. The van der Waals surface area contributed by atoms with Gasteiger partial charge >= 0.3 is 12.1 Å². The average molecular weight is 305 g/mol. The number of alkyl halides is 3. The van der Waals surface area contributed by atoms with Crippen molar-refractivity contribution in [3.8, 4) is 0 Å². The lowest BCUT2D eigenvalue weighted by atomic mass is 10.0. The van der Waals surface area contributed by atoms with E-state index in [2.05, 4.69) is 10.1 Å². The van der Waals surface area contributed by atoms with Crippen molar-refractivity contribution in [2.24, 2.45) is 0 Å². The van der Waals surface area contributed by atoms with Crippen LogP contribution in [-0.2, 0) is 9.53 Å². The van der Waals surface area contributed by atoms with Gasteiger partial charge in [0.2, 0.25) is 5.91 Å². The number of amides is 1. The van der Waals surface area contributed by atoms with Gasteiger partial charge in [-0.15, -0.1) is 0 Å². The Morgan fingerprint density at radius 3 is 2.19 bits per heavy atom. The van der Waals surface area contributed by atoms with Gasteiger partial charge in [-0.2, -0.15) is 13.2 Å². The first-order valence-corrected chi connectivity index (χ1v) is 5.84. The first kappa shape index (κ1) is 17.0. The normalized spacial score (nSPS) is 14.2. The Hall–Kier alpha value is -2.09. The third-order valence-corrected chi connectivity index (χ3v) is 2.71. The second-order valence-electron chi connectivity index (χ2n) is 4.57. The van der Waals surface area contributed by atoms with E-state index in [1.54, 1.807) is 0 Å². The number of halogens is 3. The van der Waals surface area contributed by atoms with E-state index in [1.807, 2.05) is 0 Å². The van der Waals surface area contributed by atoms with Crippen LogP contribution in [0.15, 0.2) is 24.3 Å². The van der Waals surface area contributed by atoms with E-state index in [0.29, 0.717) is 6.92 Å². The molecule has 1 amide bonds. The van der Waals surface area contributed by atoms with Crippen molar-refractivity contribution in [3.63, 3.8) is 0 Å². The Bertz CT molecular complexity index is 523. The summed E-state index contributed by atoms with van der Waals surface area (Å²) >= 11 is 0. The number of carbonyl (C=O) groups is 2. The largest absolute Gasteiger partial charge is 0.465 e. The fourth-order valence-electron chi connectivity index (χ4n) is 1.43. The molecule has 21 heavy (non-hydrogen) atoms. The summed E-state index contributed by atoms with van der Waals surface area (Å²) in [7, 11) is 1.21. The average Bonchev–Trinajstić information content (AvgIpc) is 2.36. The second-order valence-corrected chi connectivity index (χ2v) is 4.57. The first-order valence-electron chi connectivity index (χ1n) is 5.84. The van der Waals surface area contributed by atoms with Crippen LogP contribution < -0.4 is 5.32 Å². The number of hydrogen-bond donors (Lipinski definition) is 2. The van der Waals surface area contributed by atoms with Gasteiger partial charge < -0.3 is 15.2 Å². The van der Waals surface area contributed by atoms with Gasteiger partial charge in [0.1, 0.15) is 0 Å². The molecule has 0 unspecified atom stereocenters. The molecule has 0 saturated heterocycles. The van der Waals surface area contributed by atoms with Crippen molar-refractivity contribution in [2.45, 2.75) is 25.1 Å². The van der Waals surface area contributed by atoms with Gasteiger partial charge in [-0.25, -0.2) is 4.79 Å². The summed E-state index contributed by atoms with van der Waals surface area (Å²) in [5, 5.41) is 11.4. The fraction of sp³-hybridized carbons (Fsp3) is 0.385. The quantitative estimate of drug-likeness (QED) is 0.835. The number of nitrogens with one attached hydrogen (secondary N) is 1. The van der Waals surface area contributed by atoms with Crippen LogP contribution in [0, 0.1) is 0 Å². The van der Waals surface area contributed by atoms with E-state index in [-0.39, 0.29) is 11.3 Å². The van der Waals surface area contributed by atoms with Crippen LogP contribution in [0.4, 0.5) is 18.9 Å². The number of ether oxygens (including phenoxy) is 1. The van der Waals surface area contributed by atoms with E-state index in [4.69, 9.17) is 0 Å². The number of rotatable bonds is 4. The molecular weight excluding hydrogens is 291 g/mol. The predicted molar refractivity (Wildman–Crippen MR) is 67.7 cm³/mol. The number of carbonyl (C=O) groups excluding carboxylic acids is 2. The number of hydrogen-bond acceptors (Lipinski definition) is 4. The van der Waals surface area contributed by atoms with Gasteiger partial charge in [-0.05, 0) is 31.2 Å². The standard InChI is InChI=1S/C13H14F3NO4/c1-12(20,13(14,15)16)7-10(18)17-9-5-3-8(4-6-9)11(19)21-2/h3-6,20H,7H2,1-2H3,(H,17,18)/t12-/m0/s1. The Morgan fingerprint density at radius 2 is 1.76 bits per heavy atom. The molecule has 0 heterocycles. The van der Waals surface area contributed by atoms with Crippen molar-refractivity contribution < 1.29 is 32.6 Å². The zero-order chi connectivity index (χ0) is 16.3. The molecule has 0 fully saturated rings. The maximum absolute atomic E-state index is 12.4. The fourth-order valence-corrected chi connectivity index (χ4v) is 1.43. The topological polar surface area (TPSA) is 75.6 Å². The molecule has 1 aromatic rings. The minimum Gasteiger partial charge on any atom is -0.465 e. The molecule has 0 bridgehead atoms. The van der Waals surface area contributed by atoms with Gasteiger partial charge in [-0.3, -0.25) is 4.79 Å². The molecule has 1 rings (SSSR count). The van der Waals surface area contributed by atoms with E-state index >= 15 is 0 Å². The van der Waals surface area contributed by atoms with Gasteiger partial charge in [0.05, 0.1) is 19.1 Å². The molecule has 0 aliphatic rings. The number of anilines is 1. The zero-order valence-corrected chi connectivity index (χ0v) is 11.3. The van der Waals surface area contributed by atoms with Gasteiger partial charge in [0.15, 0.2) is 5.60 Å². The number of benzene rings is 1. The highest BCUT2D eigenvalue weighted by Crippen LogP contribution is 2.32. The lowest BCUT2D eigenvalue weighted by Gasteiger charge is -2.25. The monoisotopic (exact) mass is 305 g/mol. The molecule has 0 aliphatic heterocycles. The lowest BCUT2D eigenvalue weighted by molar-refractivity contribution is -0.252. The number of aliphatic hydroxyl groups is 1. The summed E-state index contributed by atoms with van der Waals surface area (Å²) < 4.78 is 41.8. The predicted octanol–water partition coefficient (Wildman–Crippen LogP) is 2.12. The van der Waals surface area contributed by atoms with Crippen LogP contribution in [-0.4, -0.2) is 35.9 Å². The molecular formula is C13H14F3NO4. The molecule has 116 valence electrons. The summed E-state index contributed by atoms with van der Waals surface area (Å²) in [4.78, 5) is 22.7. The molecule has 1 aromatic carbocycles. The lowest BCUT2D eigenvalue weighted by Crippen LogP contribution is -2.44. The summed E-state index contributed by atoms with van der Waals surface area (Å²) in [5.74, 6) is -1.57. The smallest absolute Gasteiger partial charge is 0.417 e. The Kier molecular flexibility index (Phi) is 4.95. The summed E-state index contributed by atoms with van der Waals surface area (Å²) in [6.45, 7) is 0.521. The van der Waals surface area contributed by atoms with Crippen LogP contribution in [0.25, 0.3) is 0 Å². The summed E-state index contributed by atoms with van der Waals surface area (Å²) in [5.41, 5.74) is -2.67. The van der Waals surface area contributed by atoms with Crippen molar-refractivity contribution in [3.05, 3.63) is 29.8 Å². The van der Waals surface area contributed by atoms with E-state index in [0.717, 1.165) is 0 Å². The van der Waals surface area contributed by atoms with Crippen molar-refractivity contribution >= 4 is 17.6 Å².